The number of ether oxygens (including phenoxy) is 2. The number of rotatable bonds is 4. The minimum atomic E-state index is -0.286. The van der Waals surface area contributed by atoms with Gasteiger partial charge in [-0.1, -0.05) is 37.9 Å². The third kappa shape index (κ3) is 3.60. The number of hydrogen-bond donors (Lipinski definition) is 0. The van der Waals surface area contributed by atoms with Crippen molar-refractivity contribution in [2.24, 2.45) is 0 Å². The maximum Gasteiger partial charge on any atom is 0.133 e. The zero-order valence-corrected chi connectivity index (χ0v) is 16.1. The van der Waals surface area contributed by atoms with Crippen LogP contribution in [0.3, 0.4) is 0 Å². The monoisotopic (exact) mass is 480 g/mol. The summed E-state index contributed by atoms with van der Waals surface area (Å²) in [5, 5.41) is 0. The number of benzene rings is 2. The fourth-order valence-electron chi connectivity index (χ4n) is 1.96. The molecule has 2 aromatic carbocycles. The van der Waals surface area contributed by atoms with Crippen molar-refractivity contribution in [2.75, 3.05) is 14.2 Å². The van der Waals surface area contributed by atoms with Crippen LogP contribution in [0.5, 0.6) is 11.5 Å². The Kier molecular flexibility index (Phi) is 5.68. The Morgan fingerprint density at radius 3 is 2.14 bits per heavy atom. The first-order valence-corrected chi connectivity index (χ1v) is 8.48. The minimum absolute atomic E-state index is 0.163. The summed E-state index contributed by atoms with van der Waals surface area (Å²) in [6.07, 6.45) is 0. The molecule has 0 heterocycles. The van der Waals surface area contributed by atoms with E-state index in [-0.39, 0.29) is 10.6 Å². The highest BCUT2D eigenvalue weighted by Crippen LogP contribution is 2.43. The molecule has 0 aliphatic heterocycles. The zero-order chi connectivity index (χ0) is 15.6. The van der Waals surface area contributed by atoms with Crippen molar-refractivity contribution in [3.63, 3.8) is 0 Å². The van der Waals surface area contributed by atoms with Crippen LogP contribution in [0.1, 0.15) is 16.0 Å². The van der Waals surface area contributed by atoms with Crippen LogP contribution >= 0.6 is 47.8 Å². The highest BCUT2D eigenvalue weighted by Gasteiger charge is 2.20. The van der Waals surface area contributed by atoms with Crippen LogP contribution in [0.4, 0.5) is 4.39 Å². The van der Waals surface area contributed by atoms with Crippen molar-refractivity contribution in [2.45, 2.75) is 4.83 Å². The number of methoxy groups -OCH3 is 2. The smallest absolute Gasteiger partial charge is 0.133 e. The maximum atomic E-state index is 13.2. The van der Waals surface area contributed by atoms with E-state index in [4.69, 9.17) is 9.47 Å². The van der Waals surface area contributed by atoms with Crippen LogP contribution in [0.2, 0.25) is 0 Å². The van der Waals surface area contributed by atoms with Crippen LogP contribution in [-0.2, 0) is 0 Å². The van der Waals surface area contributed by atoms with Crippen molar-refractivity contribution in [3.05, 3.63) is 56.2 Å². The van der Waals surface area contributed by atoms with Crippen LogP contribution in [0, 0.1) is 5.82 Å². The Hall–Kier alpha value is -0.590. The molecule has 0 aliphatic rings. The molecule has 21 heavy (non-hydrogen) atoms. The Balaban J connectivity index is 2.53. The summed E-state index contributed by atoms with van der Waals surface area (Å²) in [7, 11) is 3.21. The highest BCUT2D eigenvalue weighted by atomic mass is 79.9. The lowest BCUT2D eigenvalue weighted by molar-refractivity contribution is 0.397. The Morgan fingerprint density at radius 1 is 0.905 bits per heavy atom. The van der Waals surface area contributed by atoms with Gasteiger partial charge in [0, 0.05) is 10.0 Å². The lowest BCUT2D eigenvalue weighted by atomic mass is 10.0. The van der Waals surface area contributed by atoms with E-state index < -0.39 is 0 Å². The molecule has 2 nitrogen and oxygen atoms in total. The van der Waals surface area contributed by atoms with E-state index in [1.165, 1.54) is 12.1 Å². The second-order valence-electron chi connectivity index (χ2n) is 4.26. The largest absolute Gasteiger partial charge is 0.496 e. The summed E-state index contributed by atoms with van der Waals surface area (Å²) in [6.45, 7) is 0. The Morgan fingerprint density at radius 2 is 1.57 bits per heavy atom. The Bertz CT molecular complexity index is 662. The molecule has 0 radical (unpaired) electrons. The minimum Gasteiger partial charge on any atom is -0.496 e. The number of alkyl halides is 1. The molecule has 112 valence electrons. The normalized spacial score (nSPS) is 12.1. The molecular weight excluding hydrogens is 471 g/mol. The molecule has 0 spiro atoms. The first-order chi connectivity index (χ1) is 9.97. The van der Waals surface area contributed by atoms with E-state index in [0.29, 0.717) is 16.0 Å². The van der Waals surface area contributed by atoms with Gasteiger partial charge in [-0.3, -0.25) is 0 Å². The van der Waals surface area contributed by atoms with E-state index in [2.05, 4.69) is 47.8 Å². The van der Waals surface area contributed by atoms with Gasteiger partial charge in [-0.15, -0.1) is 0 Å². The SMILES string of the molecule is COc1cc(C(Br)c2ccc(F)cc2Br)c(OC)cc1Br. The second kappa shape index (κ2) is 7.11. The van der Waals surface area contributed by atoms with E-state index in [9.17, 15) is 4.39 Å². The third-order valence-corrected chi connectivity index (χ3v) is 5.31. The molecule has 2 rings (SSSR count). The van der Waals surface area contributed by atoms with Crippen LogP contribution in [-0.4, -0.2) is 14.2 Å². The molecule has 0 saturated heterocycles. The van der Waals surface area contributed by atoms with Gasteiger partial charge in [0.25, 0.3) is 0 Å². The summed E-state index contributed by atoms with van der Waals surface area (Å²) in [5.74, 6) is 1.12. The van der Waals surface area contributed by atoms with Gasteiger partial charge in [-0.25, -0.2) is 4.39 Å². The van der Waals surface area contributed by atoms with Gasteiger partial charge in [-0.2, -0.15) is 0 Å². The van der Waals surface area contributed by atoms with E-state index in [1.807, 2.05) is 12.1 Å². The van der Waals surface area contributed by atoms with E-state index in [1.54, 1.807) is 20.3 Å². The molecule has 1 unspecified atom stereocenters. The average Bonchev–Trinajstić information content (AvgIpc) is 2.46. The molecule has 0 amide bonds. The molecule has 2 aromatic rings. The fraction of sp³-hybridized carbons (Fsp3) is 0.200. The molecule has 0 fully saturated rings. The summed E-state index contributed by atoms with van der Waals surface area (Å²) < 4.78 is 25.5. The number of halogens is 4. The predicted molar refractivity (Wildman–Crippen MR) is 92.1 cm³/mol. The molecule has 0 bridgehead atoms. The van der Waals surface area contributed by atoms with Crippen molar-refractivity contribution in [3.8, 4) is 11.5 Å². The lowest BCUT2D eigenvalue weighted by Crippen LogP contribution is -2.00. The second-order valence-corrected chi connectivity index (χ2v) is 6.88. The van der Waals surface area contributed by atoms with Gasteiger partial charge < -0.3 is 9.47 Å². The molecule has 0 saturated carbocycles. The average molecular weight is 483 g/mol. The number of hydrogen-bond acceptors (Lipinski definition) is 2. The van der Waals surface area contributed by atoms with Crippen molar-refractivity contribution >= 4 is 47.8 Å². The fourth-order valence-corrected chi connectivity index (χ4v) is 4.08. The Labute approximate surface area is 148 Å². The van der Waals surface area contributed by atoms with Crippen LogP contribution < -0.4 is 9.47 Å². The molecule has 6 heteroatoms. The van der Waals surface area contributed by atoms with Crippen molar-refractivity contribution in [1.82, 2.24) is 0 Å². The lowest BCUT2D eigenvalue weighted by Gasteiger charge is -2.18. The summed E-state index contributed by atoms with van der Waals surface area (Å²) in [4.78, 5) is -0.163. The molecule has 0 aromatic heterocycles. The quantitative estimate of drug-likeness (QED) is 0.509. The predicted octanol–water partition coefficient (Wildman–Crippen LogP) is 5.85. The molecule has 0 aliphatic carbocycles. The van der Waals surface area contributed by atoms with Gasteiger partial charge in [0.2, 0.25) is 0 Å². The first-order valence-electron chi connectivity index (χ1n) is 5.98. The van der Waals surface area contributed by atoms with E-state index in [0.717, 1.165) is 15.6 Å². The van der Waals surface area contributed by atoms with Gasteiger partial charge >= 0.3 is 0 Å². The maximum absolute atomic E-state index is 13.2. The molecular formula is C15H12Br3FO2. The van der Waals surface area contributed by atoms with Crippen molar-refractivity contribution in [1.29, 1.82) is 0 Å². The zero-order valence-electron chi connectivity index (χ0n) is 11.3. The van der Waals surface area contributed by atoms with Crippen LogP contribution in [0.15, 0.2) is 39.3 Å². The standard InChI is InChI=1S/C15H12Br3FO2/c1-20-13-7-12(17)14(21-2)6-10(13)15(18)9-4-3-8(19)5-11(9)16/h3-7,15H,1-2H3. The third-order valence-electron chi connectivity index (χ3n) is 3.01. The van der Waals surface area contributed by atoms with Crippen molar-refractivity contribution < 1.29 is 13.9 Å². The topological polar surface area (TPSA) is 18.5 Å². The van der Waals surface area contributed by atoms with Gasteiger partial charge in [0.15, 0.2) is 0 Å². The van der Waals surface area contributed by atoms with E-state index >= 15 is 0 Å². The van der Waals surface area contributed by atoms with Gasteiger partial charge in [0.05, 0.1) is 23.5 Å². The first kappa shape index (κ1) is 16.8. The van der Waals surface area contributed by atoms with Gasteiger partial charge in [0.1, 0.15) is 17.3 Å². The molecule has 0 N–H and O–H groups in total. The highest BCUT2D eigenvalue weighted by molar-refractivity contribution is 9.11. The summed E-state index contributed by atoms with van der Waals surface area (Å²) in [6, 6.07) is 8.33. The van der Waals surface area contributed by atoms with Gasteiger partial charge in [-0.05, 0) is 45.8 Å². The summed E-state index contributed by atoms with van der Waals surface area (Å²) in [5.41, 5.74) is 1.80. The molecule has 1 atom stereocenters. The summed E-state index contributed by atoms with van der Waals surface area (Å²) >= 11 is 10.5. The van der Waals surface area contributed by atoms with Crippen LogP contribution in [0.25, 0.3) is 0 Å².